The van der Waals surface area contributed by atoms with Crippen molar-refractivity contribution >= 4 is 28.8 Å². The average molecular weight is 305 g/mol. The van der Waals surface area contributed by atoms with Crippen molar-refractivity contribution in [2.45, 2.75) is 0 Å². The first-order valence-corrected chi connectivity index (χ1v) is 7.42. The van der Waals surface area contributed by atoms with Crippen LogP contribution >= 0.6 is 0 Å². The summed E-state index contributed by atoms with van der Waals surface area (Å²) in [5.41, 5.74) is 3.24. The lowest BCUT2D eigenvalue weighted by atomic mass is 10.1. The first kappa shape index (κ1) is 13.7. The highest BCUT2D eigenvalue weighted by Crippen LogP contribution is 2.34. The lowest BCUT2D eigenvalue weighted by molar-refractivity contribution is 0.475. The second-order valence-corrected chi connectivity index (χ2v) is 5.91. The van der Waals surface area contributed by atoms with E-state index in [-0.39, 0.29) is 5.75 Å². The van der Waals surface area contributed by atoms with Crippen molar-refractivity contribution in [2.24, 2.45) is 17.3 Å². The Labute approximate surface area is 134 Å². The van der Waals surface area contributed by atoms with Crippen LogP contribution < -0.4 is 4.48 Å². The molecule has 2 aromatic carbocycles. The molecule has 4 rings (SSSR count). The lowest BCUT2D eigenvalue weighted by Gasteiger charge is -2.26. The van der Waals surface area contributed by atoms with Crippen LogP contribution in [0, 0.1) is 0 Å². The third-order valence-corrected chi connectivity index (χ3v) is 4.41. The van der Waals surface area contributed by atoms with Crippen LogP contribution in [0.2, 0.25) is 0 Å². The summed E-state index contributed by atoms with van der Waals surface area (Å²) in [6.45, 7) is 0. The van der Waals surface area contributed by atoms with Crippen molar-refractivity contribution < 1.29 is 5.11 Å². The van der Waals surface area contributed by atoms with Crippen LogP contribution in [-0.4, -0.2) is 28.9 Å². The largest absolute Gasteiger partial charge is 0.508 e. The van der Waals surface area contributed by atoms with E-state index in [1.165, 1.54) is 10.9 Å². The molecule has 1 atom stereocenters. The van der Waals surface area contributed by atoms with Crippen LogP contribution in [-0.2, 0) is 7.05 Å². The number of phenols is 1. The SMILES string of the molecule is Cn1ccc2c([N+]3(C)C=NN=C3c3ccc(O)cc3)cccc21. The molecule has 1 aromatic heterocycles. The molecule has 1 aliphatic heterocycles. The summed E-state index contributed by atoms with van der Waals surface area (Å²) in [5, 5.41) is 19.2. The molecular formula is C18H17N4O+. The van der Waals surface area contributed by atoms with E-state index in [9.17, 15) is 5.11 Å². The highest BCUT2D eigenvalue weighted by Gasteiger charge is 2.37. The van der Waals surface area contributed by atoms with E-state index in [2.05, 4.69) is 52.3 Å². The third kappa shape index (κ3) is 1.98. The maximum Gasteiger partial charge on any atom is 0.265 e. The number of phenolic OH excluding ortho intramolecular Hbond substituents is 1. The number of aryl methyl sites for hydroxylation is 1. The molecule has 1 unspecified atom stereocenters. The molecule has 5 heteroatoms. The van der Waals surface area contributed by atoms with Crippen LogP contribution in [0.5, 0.6) is 5.75 Å². The van der Waals surface area contributed by atoms with E-state index in [1.54, 1.807) is 12.1 Å². The second-order valence-electron chi connectivity index (χ2n) is 5.91. The second kappa shape index (κ2) is 4.79. The molecule has 2 heterocycles. The van der Waals surface area contributed by atoms with E-state index in [0.29, 0.717) is 4.48 Å². The summed E-state index contributed by atoms with van der Waals surface area (Å²) >= 11 is 0. The molecule has 0 radical (unpaired) electrons. The molecule has 1 aliphatic rings. The van der Waals surface area contributed by atoms with Gasteiger partial charge in [-0.05, 0) is 36.4 Å². The molecule has 0 spiro atoms. The van der Waals surface area contributed by atoms with Gasteiger partial charge in [0.1, 0.15) is 5.75 Å². The Hall–Kier alpha value is -2.92. The van der Waals surface area contributed by atoms with E-state index in [1.807, 2.05) is 25.5 Å². The standard InChI is InChI=1S/C18H16N4O/c1-21-11-10-15-16(21)4-3-5-17(15)22(2)12-19-20-18(22)13-6-8-14(23)9-7-13/h3-12H,1-2H3/p+1. The van der Waals surface area contributed by atoms with Gasteiger partial charge in [-0.15, -0.1) is 0 Å². The fourth-order valence-corrected chi connectivity index (χ4v) is 3.14. The minimum atomic E-state index is 0.243. The van der Waals surface area contributed by atoms with Crippen molar-refractivity contribution in [1.29, 1.82) is 0 Å². The van der Waals surface area contributed by atoms with Gasteiger partial charge in [0.2, 0.25) is 6.34 Å². The minimum absolute atomic E-state index is 0.243. The Kier molecular flexibility index (Phi) is 2.86. The fourth-order valence-electron chi connectivity index (χ4n) is 3.14. The van der Waals surface area contributed by atoms with Crippen molar-refractivity contribution in [3.8, 4) is 5.75 Å². The van der Waals surface area contributed by atoms with Gasteiger partial charge in [-0.3, -0.25) is 0 Å². The smallest absolute Gasteiger partial charge is 0.265 e. The number of quaternary nitrogens is 1. The number of hydrogen-bond acceptors (Lipinski definition) is 3. The molecule has 0 aliphatic carbocycles. The van der Waals surface area contributed by atoms with Crippen molar-refractivity contribution in [1.82, 2.24) is 9.05 Å². The molecule has 0 fully saturated rings. The molecule has 23 heavy (non-hydrogen) atoms. The van der Waals surface area contributed by atoms with Gasteiger partial charge in [-0.1, -0.05) is 16.3 Å². The molecule has 0 saturated heterocycles. The van der Waals surface area contributed by atoms with E-state index < -0.39 is 0 Å². The number of hydrogen-bond donors (Lipinski definition) is 1. The summed E-state index contributed by atoms with van der Waals surface area (Å²) in [4.78, 5) is 0. The molecule has 5 nitrogen and oxygen atoms in total. The fraction of sp³-hybridized carbons (Fsp3) is 0.111. The van der Waals surface area contributed by atoms with E-state index in [0.717, 1.165) is 17.1 Å². The van der Waals surface area contributed by atoms with Gasteiger partial charge in [-0.2, -0.15) is 4.48 Å². The Morgan fingerprint density at radius 1 is 1.04 bits per heavy atom. The van der Waals surface area contributed by atoms with Crippen molar-refractivity contribution in [3.63, 3.8) is 0 Å². The summed E-state index contributed by atoms with van der Waals surface area (Å²) in [5.74, 6) is 1.08. The average Bonchev–Trinajstić information content (AvgIpc) is 3.13. The number of aromatic hydroxyl groups is 1. The summed E-state index contributed by atoms with van der Waals surface area (Å²) in [6.07, 6.45) is 3.90. The predicted molar refractivity (Wildman–Crippen MR) is 93.8 cm³/mol. The van der Waals surface area contributed by atoms with Crippen LogP contribution in [0.3, 0.4) is 0 Å². The highest BCUT2D eigenvalue weighted by molar-refractivity contribution is 6.18. The van der Waals surface area contributed by atoms with Crippen LogP contribution in [0.15, 0.2) is 64.9 Å². The highest BCUT2D eigenvalue weighted by atomic mass is 16.3. The molecule has 0 bridgehead atoms. The van der Waals surface area contributed by atoms with Crippen molar-refractivity contribution in [3.05, 3.63) is 60.3 Å². The zero-order valence-electron chi connectivity index (χ0n) is 13.0. The van der Waals surface area contributed by atoms with E-state index in [4.69, 9.17) is 0 Å². The Balaban J connectivity index is 1.90. The molecule has 0 saturated carbocycles. The van der Waals surface area contributed by atoms with Gasteiger partial charge in [0.15, 0.2) is 5.69 Å². The number of amidine groups is 1. The zero-order chi connectivity index (χ0) is 16.0. The summed E-state index contributed by atoms with van der Waals surface area (Å²) in [6, 6.07) is 15.5. The molecule has 114 valence electrons. The molecule has 0 amide bonds. The Morgan fingerprint density at radius 2 is 1.83 bits per heavy atom. The number of aromatic nitrogens is 1. The first-order chi connectivity index (χ1) is 11.1. The lowest BCUT2D eigenvalue weighted by Crippen LogP contribution is -2.47. The zero-order valence-corrected chi connectivity index (χ0v) is 13.0. The maximum absolute atomic E-state index is 9.51. The molecule has 1 N–H and O–H groups in total. The number of rotatable bonds is 2. The van der Waals surface area contributed by atoms with Crippen molar-refractivity contribution in [2.75, 3.05) is 7.05 Å². The number of benzene rings is 2. The minimum Gasteiger partial charge on any atom is -0.508 e. The first-order valence-electron chi connectivity index (χ1n) is 7.42. The van der Waals surface area contributed by atoms with Crippen LogP contribution in [0.4, 0.5) is 5.69 Å². The Morgan fingerprint density at radius 3 is 2.61 bits per heavy atom. The normalized spacial score (nSPS) is 20.2. The topological polar surface area (TPSA) is 49.9 Å². The van der Waals surface area contributed by atoms with E-state index >= 15 is 0 Å². The van der Waals surface area contributed by atoms with Gasteiger partial charge in [-0.25, -0.2) is 0 Å². The summed E-state index contributed by atoms with van der Waals surface area (Å²) < 4.78 is 2.50. The molecular weight excluding hydrogens is 288 g/mol. The number of fused-ring (bicyclic) bond motifs is 1. The quantitative estimate of drug-likeness (QED) is 0.726. The van der Waals surface area contributed by atoms with Gasteiger partial charge in [0.05, 0.1) is 23.5 Å². The van der Waals surface area contributed by atoms with Gasteiger partial charge in [0.25, 0.3) is 5.84 Å². The predicted octanol–water partition coefficient (Wildman–Crippen LogP) is 3.22. The Bertz CT molecular complexity index is 953. The van der Waals surface area contributed by atoms with Gasteiger partial charge < -0.3 is 9.67 Å². The van der Waals surface area contributed by atoms with Gasteiger partial charge in [0, 0.05) is 19.3 Å². The third-order valence-electron chi connectivity index (χ3n) is 4.41. The monoisotopic (exact) mass is 305 g/mol. The van der Waals surface area contributed by atoms with Crippen LogP contribution in [0.25, 0.3) is 10.9 Å². The summed E-state index contributed by atoms with van der Waals surface area (Å²) in [7, 11) is 4.11. The van der Waals surface area contributed by atoms with Crippen LogP contribution in [0.1, 0.15) is 5.56 Å². The number of nitrogens with zero attached hydrogens (tertiary/aromatic N) is 4. The molecule has 3 aromatic rings. The maximum atomic E-state index is 9.51. The van der Waals surface area contributed by atoms with Gasteiger partial charge >= 0.3 is 0 Å².